The van der Waals surface area contributed by atoms with Crippen LogP contribution in [-0.4, -0.2) is 26.9 Å². The summed E-state index contributed by atoms with van der Waals surface area (Å²) < 4.78 is 15.9. The van der Waals surface area contributed by atoms with Crippen molar-refractivity contribution in [1.29, 1.82) is 0 Å². The van der Waals surface area contributed by atoms with E-state index in [4.69, 9.17) is 0 Å². The normalized spacial score (nSPS) is 11.4. The van der Waals surface area contributed by atoms with Crippen LogP contribution in [0.25, 0.3) is 0 Å². The van der Waals surface area contributed by atoms with Gasteiger partial charge in [0.25, 0.3) is 0 Å². The fourth-order valence-electron chi connectivity index (χ4n) is 1.95. The summed E-state index contributed by atoms with van der Waals surface area (Å²) in [6, 6.07) is 7.63. The van der Waals surface area contributed by atoms with E-state index >= 15 is 0 Å². The lowest BCUT2D eigenvalue weighted by atomic mass is 10.2. The van der Waals surface area contributed by atoms with Crippen LogP contribution in [0.5, 0.6) is 0 Å². The number of anilines is 1. The predicted molar refractivity (Wildman–Crippen MR) is 83.9 cm³/mol. The van der Waals surface area contributed by atoms with Gasteiger partial charge >= 0.3 is 0 Å². The molecule has 0 spiro atoms. The summed E-state index contributed by atoms with van der Waals surface area (Å²) in [7, 11) is -2.13. The summed E-state index contributed by atoms with van der Waals surface area (Å²) in [5, 5.41) is 10.5. The lowest BCUT2D eigenvalue weighted by molar-refractivity contribution is 0.684. The maximum absolute atomic E-state index is 11.7. The average molecular weight is 292 g/mol. The number of hydrogen-bond acceptors (Lipinski definition) is 4. The minimum absolute atomic E-state index is 0.700. The Bertz CT molecular complexity index is 699. The first-order valence-corrected chi connectivity index (χ1v) is 8.70. The van der Waals surface area contributed by atoms with E-state index in [0.29, 0.717) is 6.54 Å². The van der Waals surface area contributed by atoms with Crippen molar-refractivity contribution >= 4 is 21.1 Å². The summed E-state index contributed by atoms with van der Waals surface area (Å²) in [6.07, 6.45) is 3.26. The van der Waals surface area contributed by atoms with Crippen LogP contribution >= 0.6 is 0 Å². The van der Waals surface area contributed by atoms with Gasteiger partial charge in [-0.05, 0) is 32.0 Å². The first kappa shape index (κ1) is 14.6. The molecule has 2 N–H and O–H groups in total. The van der Waals surface area contributed by atoms with Crippen molar-refractivity contribution < 1.29 is 4.21 Å². The molecule has 1 aromatic heterocycles. The number of aromatic nitrogens is 2. The molecule has 20 heavy (non-hydrogen) atoms. The third kappa shape index (κ3) is 3.84. The zero-order chi connectivity index (χ0) is 14.8. The minimum Gasteiger partial charge on any atom is -0.381 e. The number of aromatic amines is 1. The van der Waals surface area contributed by atoms with Gasteiger partial charge in [0.15, 0.2) is 0 Å². The first-order chi connectivity index (χ1) is 9.35. The topological polar surface area (TPSA) is 70.1 Å². The van der Waals surface area contributed by atoms with E-state index in [1.165, 1.54) is 5.56 Å². The van der Waals surface area contributed by atoms with Crippen molar-refractivity contribution in [3.05, 3.63) is 41.2 Å². The molecular weight excluding hydrogens is 272 g/mol. The van der Waals surface area contributed by atoms with Gasteiger partial charge < -0.3 is 5.32 Å². The van der Waals surface area contributed by atoms with Gasteiger partial charge in [0, 0.05) is 45.7 Å². The molecule has 0 aliphatic carbocycles. The van der Waals surface area contributed by atoms with Crippen LogP contribution < -0.4 is 5.32 Å². The second kappa shape index (κ2) is 5.66. The van der Waals surface area contributed by atoms with Crippen molar-refractivity contribution in [2.24, 2.45) is 4.36 Å². The number of hydrogen-bond donors (Lipinski definition) is 2. The average Bonchev–Trinajstić information content (AvgIpc) is 2.65. The van der Waals surface area contributed by atoms with Gasteiger partial charge in [0.1, 0.15) is 0 Å². The van der Waals surface area contributed by atoms with Crippen LogP contribution in [0.1, 0.15) is 17.0 Å². The quantitative estimate of drug-likeness (QED) is 0.910. The van der Waals surface area contributed by atoms with Crippen molar-refractivity contribution in [1.82, 2.24) is 10.2 Å². The van der Waals surface area contributed by atoms with Crippen molar-refractivity contribution in [3.8, 4) is 0 Å². The molecule has 0 amide bonds. The second-order valence-corrected chi connectivity index (χ2v) is 7.63. The van der Waals surface area contributed by atoms with Gasteiger partial charge in [-0.25, -0.2) is 4.21 Å². The Hall–Kier alpha value is -1.82. The molecule has 0 atom stereocenters. The van der Waals surface area contributed by atoms with E-state index in [-0.39, 0.29) is 0 Å². The van der Waals surface area contributed by atoms with E-state index in [1.807, 2.05) is 38.1 Å². The molecule has 0 bridgehead atoms. The van der Waals surface area contributed by atoms with Crippen LogP contribution in [0.4, 0.5) is 11.4 Å². The minimum atomic E-state index is -2.13. The third-order valence-electron chi connectivity index (χ3n) is 2.92. The Labute approximate surface area is 120 Å². The second-order valence-electron chi connectivity index (χ2n) is 5.09. The van der Waals surface area contributed by atoms with Crippen molar-refractivity contribution in [3.63, 3.8) is 0 Å². The highest BCUT2D eigenvalue weighted by Gasteiger charge is 2.05. The molecule has 0 aliphatic heterocycles. The molecule has 108 valence electrons. The Morgan fingerprint density at radius 3 is 2.70 bits per heavy atom. The Morgan fingerprint density at radius 1 is 1.35 bits per heavy atom. The molecule has 5 nitrogen and oxygen atoms in total. The van der Waals surface area contributed by atoms with Gasteiger partial charge in [0.2, 0.25) is 0 Å². The maximum Gasteiger partial charge on any atom is 0.0750 e. The molecule has 1 heterocycles. The molecular formula is C14H20N4OS. The molecule has 2 rings (SSSR count). The van der Waals surface area contributed by atoms with Crippen LogP contribution in [0.3, 0.4) is 0 Å². The summed E-state index contributed by atoms with van der Waals surface area (Å²) in [5.41, 5.74) is 4.92. The number of H-pyrrole nitrogens is 1. The summed E-state index contributed by atoms with van der Waals surface area (Å²) in [4.78, 5) is 0. The van der Waals surface area contributed by atoms with Crippen LogP contribution in [0.15, 0.2) is 28.6 Å². The van der Waals surface area contributed by atoms with Crippen LogP contribution in [0.2, 0.25) is 0 Å². The van der Waals surface area contributed by atoms with E-state index < -0.39 is 9.73 Å². The molecule has 0 fully saturated rings. The summed E-state index contributed by atoms with van der Waals surface area (Å²) >= 11 is 0. The van der Waals surface area contributed by atoms with Crippen molar-refractivity contribution in [2.45, 2.75) is 20.4 Å². The van der Waals surface area contributed by atoms with E-state index in [1.54, 1.807) is 12.5 Å². The fraction of sp³-hybridized carbons (Fsp3) is 0.357. The lowest BCUT2D eigenvalue weighted by Gasteiger charge is -2.07. The first-order valence-electron chi connectivity index (χ1n) is 6.37. The number of aryl methyl sites for hydroxylation is 2. The highest BCUT2D eigenvalue weighted by Crippen LogP contribution is 2.20. The lowest BCUT2D eigenvalue weighted by Crippen LogP contribution is -2.01. The molecule has 6 heteroatoms. The number of nitrogens with zero attached hydrogens (tertiary/aromatic N) is 2. The zero-order valence-corrected chi connectivity index (χ0v) is 13.0. The van der Waals surface area contributed by atoms with Crippen molar-refractivity contribution in [2.75, 3.05) is 17.8 Å². The molecule has 2 aromatic rings. The molecule has 0 radical (unpaired) electrons. The Balaban J connectivity index is 2.15. The van der Waals surface area contributed by atoms with E-state index in [2.05, 4.69) is 19.9 Å². The monoisotopic (exact) mass is 292 g/mol. The molecule has 0 saturated heterocycles. The zero-order valence-electron chi connectivity index (χ0n) is 12.2. The van der Waals surface area contributed by atoms with Gasteiger partial charge in [0.05, 0.1) is 11.4 Å². The van der Waals surface area contributed by atoms with Gasteiger partial charge in [-0.1, -0.05) is 6.07 Å². The van der Waals surface area contributed by atoms with Crippen LogP contribution in [0, 0.1) is 13.8 Å². The standard InChI is InChI=1S/C14H20N4OS/c1-10-14(11(2)17-16-10)9-15-12-6-5-7-13(8-12)18-20(3,4)19/h5-8,15H,9H2,1-4H3,(H,16,17). The van der Waals surface area contributed by atoms with Gasteiger partial charge in [-0.2, -0.15) is 9.46 Å². The number of rotatable bonds is 4. The Kier molecular flexibility index (Phi) is 4.13. The Morgan fingerprint density at radius 2 is 2.10 bits per heavy atom. The van der Waals surface area contributed by atoms with Gasteiger partial charge in [-0.3, -0.25) is 5.10 Å². The number of nitrogens with one attached hydrogen (secondary N) is 2. The maximum atomic E-state index is 11.7. The summed E-state index contributed by atoms with van der Waals surface area (Å²) in [6.45, 7) is 4.69. The number of benzene rings is 1. The van der Waals surface area contributed by atoms with E-state index in [0.717, 1.165) is 22.8 Å². The molecule has 0 aliphatic rings. The fourth-order valence-corrected chi connectivity index (χ4v) is 2.57. The largest absolute Gasteiger partial charge is 0.381 e. The molecule has 1 aromatic carbocycles. The smallest absolute Gasteiger partial charge is 0.0750 e. The SMILES string of the molecule is Cc1n[nH]c(C)c1CNc1cccc(N=S(C)(C)=O)c1. The highest BCUT2D eigenvalue weighted by atomic mass is 32.2. The predicted octanol–water partition coefficient (Wildman–Crippen LogP) is 3.00. The molecule has 0 unspecified atom stereocenters. The van der Waals surface area contributed by atoms with Crippen LogP contribution in [-0.2, 0) is 16.3 Å². The van der Waals surface area contributed by atoms with Gasteiger partial charge in [-0.15, -0.1) is 0 Å². The summed E-state index contributed by atoms with van der Waals surface area (Å²) in [5.74, 6) is 0. The highest BCUT2D eigenvalue weighted by molar-refractivity contribution is 7.92. The molecule has 0 saturated carbocycles. The van der Waals surface area contributed by atoms with E-state index in [9.17, 15) is 4.21 Å². The third-order valence-corrected chi connectivity index (χ3v) is 3.57.